The summed E-state index contributed by atoms with van der Waals surface area (Å²) in [5.74, 6) is 0. The number of likely N-dealkylation sites (tertiary alicyclic amines) is 1. The van der Waals surface area contributed by atoms with Crippen LogP contribution in [-0.4, -0.2) is 65.2 Å². The van der Waals surface area contributed by atoms with Gasteiger partial charge in [0.2, 0.25) is 0 Å². The molecule has 6 heteroatoms. The molecule has 3 rings (SSSR count). The molecule has 23 heavy (non-hydrogen) atoms. The van der Waals surface area contributed by atoms with Crippen molar-refractivity contribution in [2.45, 2.75) is 44.9 Å². The van der Waals surface area contributed by atoms with Gasteiger partial charge in [-0.1, -0.05) is 0 Å². The van der Waals surface area contributed by atoms with E-state index in [-0.39, 0.29) is 24.3 Å². The molecule has 1 aromatic heterocycles. The first-order valence-electron chi connectivity index (χ1n) is 8.47. The average molecular weight is 318 g/mol. The lowest BCUT2D eigenvalue weighted by atomic mass is 10.1. The molecule has 2 aliphatic rings. The van der Waals surface area contributed by atoms with Gasteiger partial charge in [-0.05, 0) is 38.8 Å². The van der Waals surface area contributed by atoms with Gasteiger partial charge in [0.25, 0.3) is 0 Å². The fraction of sp³-hybridized carbons (Fsp3) is 0.647. The number of rotatable bonds is 3. The van der Waals surface area contributed by atoms with Crippen LogP contribution in [0.1, 0.15) is 26.7 Å². The van der Waals surface area contributed by atoms with Gasteiger partial charge in [0, 0.05) is 38.4 Å². The molecular weight excluding hydrogens is 292 g/mol. The molecule has 2 saturated heterocycles. The van der Waals surface area contributed by atoms with Crippen molar-refractivity contribution in [1.82, 2.24) is 14.8 Å². The van der Waals surface area contributed by atoms with Crippen molar-refractivity contribution in [1.29, 1.82) is 0 Å². The molecule has 0 aromatic carbocycles. The van der Waals surface area contributed by atoms with Gasteiger partial charge in [0.15, 0.2) is 0 Å². The minimum atomic E-state index is -0.0187. The Hall–Kier alpha value is -1.66. The van der Waals surface area contributed by atoms with E-state index in [2.05, 4.69) is 29.0 Å². The van der Waals surface area contributed by atoms with Crippen molar-refractivity contribution in [3.05, 3.63) is 24.5 Å². The highest BCUT2D eigenvalue weighted by Gasteiger charge is 2.32. The lowest BCUT2D eigenvalue weighted by Gasteiger charge is -2.38. The second-order valence-electron chi connectivity index (χ2n) is 6.64. The third-order valence-electron chi connectivity index (χ3n) is 4.51. The van der Waals surface area contributed by atoms with Crippen LogP contribution in [-0.2, 0) is 4.74 Å². The van der Waals surface area contributed by atoms with Gasteiger partial charge in [-0.15, -0.1) is 0 Å². The van der Waals surface area contributed by atoms with Gasteiger partial charge in [0.05, 0.1) is 24.1 Å². The first-order chi connectivity index (χ1) is 11.1. The molecule has 3 heterocycles. The maximum absolute atomic E-state index is 12.5. The molecule has 0 unspecified atom stereocenters. The molecule has 1 aromatic rings. The zero-order valence-corrected chi connectivity index (χ0v) is 13.9. The third-order valence-corrected chi connectivity index (χ3v) is 4.51. The average Bonchev–Trinajstić information content (AvgIpc) is 2.95. The van der Waals surface area contributed by atoms with Gasteiger partial charge in [-0.3, -0.25) is 9.88 Å². The smallest absolute Gasteiger partial charge is 0.322 e. The number of aromatic nitrogens is 1. The van der Waals surface area contributed by atoms with Crippen LogP contribution in [0.4, 0.5) is 10.5 Å². The molecule has 2 fully saturated rings. The van der Waals surface area contributed by atoms with Crippen molar-refractivity contribution in [3.8, 4) is 0 Å². The number of nitrogens with zero attached hydrogens (tertiary/aromatic N) is 3. The van der Waals surface area contributed by atoms with Gasteiger partial charge < -0.3 is 15.0 Å². The van der Waals surface area contributed by atoms with Crippen LogP contribution in [0.3, 0.4) is 0 Å². The van der Waals surface area contributed by atoms with Crippen molar-refractivity contribution in [3.63, 3.8) is 0 Å². The number of carbonyl (C=O) groups excluding carboxylic acids is 1. The summed E-state index contributed by atoms with van der Waals surface area (Å²) in [6.07, 6.45) is 6.04. The highest BCUT2D eigenvalue weighted by Crippen LogP contribution is 2.21. The first-order valence-corrected chi connectivity index (χ1v) is 8.47. The topological polar surface area (TPSA) is 57.7 Å². The van der Waals surface area contributed by atoms with E-state index >= 15 is 0 Å². The van der Waals surface area contributed by atoms with Crippen LogP contribution in [0, 0.1) is 0 Å². The highest BCUT2D eigenvalue weighted by molar-refractivity contribution is 5.89. The number of nitrogens with one attached hydrogen (secondary N) is 1. The maximum atomic E-state index is 12.5. The van der Waals surface area contributed by atoms with E-state index in [0.29, 0.717) is 0 Å². The summed E-state index contributed by atoms with van der Waals surface area (Å²) in [4.78, 5) is 21.0. The minimum Gasteiger partial charge on any atom is -0.373 e. The second kappa shape index (κ2) is 7.27. The number of hydrogen-bond donors (Lipinski definition) is 1. The Morgan fingerprint density at radius 1 is 1.39 bits per heavy atom. The summed E-state index contributed by atoms with van der Waals surface area (Å²) >= 11 is 0. The summed E-state index contributed by atoms with van der Waals surface area (Å²) in [6, 6.07) is 3.95. The molecule has 126 valence electrons. The van der Waals surface area contributed by atoms with E-state index < -0.39 is 0 Å². The molecule has 0 aliphatic carbocycles. The normalized spacial score (nSPS) is 28.8. The van der Waals surface area contributed by atoms with Crippen LogP contribution in [0.5, 0.6) is 0 Å². The summed E-state index contributed by atoms with van der Waals surface area (Å²) in [5.41, 5.74) is 0.747. The number of anilines is 1. The zero-order valence-electron chi connectivity index (χ0n) is 13.9. The van der Waals surface area contributed by atoms with Crippen molar-refractivity contribution >= 4 is 11.7 Å². The van der Waals surface area contributed by atoms with Crippen LogP contribution >= 0.6 is 0 Å². The molecule has 0 bridgehead atoms. The van der Waals surface area contributed by atoms with E-state index in [1.165, 1.54) is 0 Å². The van der Waals surface area contributed by atoms with E-state index in [4.69, 9.17) is 4.74 Å². The Kier molecular flexibility index (Phi) is 5.13. The highest BCUT2D eigenvalue weighted by atomic mass is 16.5. The molecule has 2 aliphatic heterocycles. The van der Waals surface area contributed by atoms with Crippen LogP contribution < -0.4 is 5.32 Å². The number of carbonyl (C=O) groups is 1. The van der Waals surface area contributed by atoms with Crippen molar-refractivity contribution in [2.24, 2.45) is 0 Å². The van der Waals surface area contributed by atoms with E-state index in [1.807, 2.05) is 17.0 Å². The fourth-order valence-electron chi connectivity index (χ4n) is 3.66. The van der Waals surface area contributed by atoms with Gasteiger partial charge in [-0.2, -0.15) is 0 Å². The number of hydrogen-bond acceptors (Lipinski definition) is 4. The van der Waals surface area contributed by atoms with Crippen LogP contribution in [0.2, 0.25) is 0 Å². The first kappa shape index (κ1) is 16.2. The summed E-state index contributed by atoms with van der Waals surface area (Å²) in [5, 5.41) is 2.95. The Balaban J connectivity index is 1.58. The molecule has 1 N–H and O–H groups in total. The fourth-order valence-corrected chi connectivity index (χ4v) is 3.66. The van der Waals surface area contributed by atoms with Gasteiger partial charge in [0.1, 0.15) is 0 Å². The SMILES string of the molecule is C[C@@H]1CN(C[C@H]2CCCN2C(=O)Nc2cccnc2)C[C@@H](C)O1. The summed E-state index contributed by atoms with van der Waals surface area (Å²) in [7, 11) is 0. The van der Waals surface area contributed by atoms with E-state index in [0.717, 1.165) is 44.7 Å². The minimum absolute atomic E-state index is 0.0187. The number of ether oxygens (including phenoxy) is 1. The van der Waals surface area contributed by atoms with E-state index in [9.17, 15) is 4.79 Å². The molecule has 3 atom stereocenters. The Morgan fingerprint density at radius 3 is 2.87 bits per heavy atom. The number of pyridine rings is 1. The number of morpholine rings is 1. The number of urea groups is 1. The second-order valence-corrected chi connectivity index (χ2v) is 6.64. The number of amides is 2. The van der Waals surface area contributed by atoms with Crippen LogP contribution in [0.15, 0.2) is 24.5 Å². The zero-order chi connectivity index (χ0) is 16.2. The third kappa shape index (κ3) is 4.20. The summed E-state index contributed by atoms with van der Waals surface area (Å²) in [6.45, 7) is 7.87. The van der Waals surface area contributed by atoms with Crippen LogP contribution in [0.25, 0.3) is 0 Å². The van der Waals surface area contributed by atoms with Gasteiger partial charge in [-0.25, -0.2) is 4.79 Å². The molecule has 6 nitrogen and oxygen atoms in total. The molecule has 2 amide bonds. The predicted octanol–water partition coefficient (Wildman–Crippen LogP) is 2.19. The monoisotopic (exact) mass is 318 g/mol. The Labute approximate surface area is 137 Å². The molecular formula is C17H26N4O2. The quantitative estimate of drug-likeness (QED) is 0.928. The maximum Gasteiger partial charge on any atom is 0.322 e. The molecule has 0 saturated carbocycles. The van der Waals surface area contributed by atoms with Crippen molar-refractivity contribution in [2.75, 3.05) is 31.5 Å². The van der Waals surface area contributed by atoms with Gasteiger partial charge >= 0.3 is 6.03 Å². The lowest BCUT2D eigenvalue weighted by Crippen LogP contribution is -2.51. The lowest BCUT2D eigenvalue weighted by molar-refractivity contribution is -0.0712. The van der Waals surface area contributed by atoms with Crippen molar-refractivity contribution < 1.29 is 9.53 Å². The molecule has 0 spiro atoms. The standard InChI is InChI=1S/C17H26N4O2/c1-13-10-20(11-14(2)23-13)12-16-6-4-8-21(16)17(22)19-15-5-3-7-18-9-15/h3,5,7,9,13-14,16H,4,6,8,10-12H2,1-2H3,(H,19,22)/t13-,14-,16-/m1/s1. The molecule has 0 radical (unpaired) electrons. The summed E-state index contributed by atoms with van der Waals surface area (Å²) < 4.78 is 5.79. The largest absolute Gasteiger partial charge is 0.373 e. The Bertz CT molecular complexity index is 515. The predicted molar refractivity (Wildman–Crippen MR) is 89.4 cm³/mol. The Morgan fingerprint density at radius 2 is 2.17 bits per heavy atom. The van der Waals surface area contributed by atoms with E-state index in [1.54, 1.807) is 12.4 Å².